The summed E-state index contributed by atoms with van der Waals surface area (Å²) in [7, 11) is 9.23. The van der Waals surface area contributed by atoms with E-state index in [0.29, 0.717) is 133 Å². The molecule has 3 aliphatic carbocycles. The topological polar surface area (TPSA) is 427 Å². The number of hydrogen-bond donors (Lipinski definition) is 6. The monoisotopic (exact) mass is 1930 g/mol. The molecule has 14 rings (SSSR count). The van der Waals surface area contributed by atoms with Gasteiger partial charge in [0.25, 0.3) is 17.8 Å². The first-order valence-corrected chi connectivity index (χ1v) is 48.3. The Bertz CT molecular complexity index is 5040. The molecule has 0 spiro atoms. The third kappa shape index (κ3) is 24.9. The number of allylic oxidation sites excluding steroid dienone is 1. The number of nitro groups is 2. The van der Waals surface area contributed by atoms with Crippen LogP contribution < -0.4 is 36.1 Å². The first-order valence-electron chi connectivity index (χ1n) is 47.1. The number of aliphatic hydroxyl groups excluding tert-OH is 2. The van der Waals surface area contributed by atoms with E-state index in [-0.39, 0.29) is 58.3 Å². The molecule has 0 atom stereocenters. The first kappa shape index (κ1) is 112. The number of carbonyl (C=O) groups excluding carboxylic acids is 9. The smallest absolute Gasteiger partial charge is 0.293 e. The van der Waals surface area contributed by atoms with Crippen LogP contribution in [0.3, 0.4) is 0 Å². The second-order valence-electron chi connectivity index (χ2n) is 33.7. The molecule has 32 nitrogen and oxygen atoms in total. The Balaban J connectivity index is 0.000000245. The van der Waals surface area contributed by atoms with Crippen molar-refractivity contribution in [2.24, 2.45) is 5.10 Å². The number of aromatic amines is 1. The van der Waals surface area contributed by atoms with Crippen molar-refractivity contribution in [2.75, 3.05) is 150 Å². The molecule has 7 N–H and O–H groups in total. The predicted molar refractivity (Wildman–Crippen MR) is 530 cm³/mol. The van der Waals surface area contributed by atoms with Crippen LogP contribution in [0.4, 0.5) is 51.2 Å². The standard InChI is InChI=1S/C22H31N3O3.C22H28N2O3.C15H20N2O4.C15H22N2O2.C12H14N2O3.C8H12O2.C3H7BrO.C3H6O2.CH4O/c1-4-22(5-2)17-15-16(23-24-18-9-7-6-8-10-20(18)26)11-12-19(17)25(21(22)27)13-14-28-3;1-4-22(5-2)16-13-17-15(12-18(16)24(21(22)26)10-11-27-3)14-8-6-7-9-19(25)20(14)23-17;1-4-15(5-2)12-10-11(17(19)20)6-7-13(12)16(14(15)18)8-9-21-3;1-4-15(5-2)12-10-11(16)6-7-13(12)17(14(15)18)8-9-19-3;1-3-12(4-2)9-7-8(14(16)17)5-6-10(9)13-11(12)15;9-6-7-4-2-1-3-5-8(7)10;1-5-3-2-4;1-2-5-3-4;1-2/h11-12,15,23H,4-10,13-14H2,1-3H3;12-13,23H,4-11H2,1-3H3;6-7,10H,4-5,8-9H2,1-3H3;6-7,10H,4-5,8-9,16H2,1-3H3;5-7H,3-4H2,1-2H3,(H,13,15);6,9H,1-5H2;2-3H2,1H3;3H,2H2,1H3;2H,1H3/b24-18+;;;;;7-6+;;;. The quantitative estimate of drug-likeness (QED) is 0.00281. The van der Waals surface area contributed by atoms with Crippen molar-refractivity contribution in [1.29, 1.82) is 0 Å². The lowest BCUT2D eigenvalue weighted by Gasteiger charge is -2.26. The summed E-state index contributed by atoms with van der Waals surface area (Å²) in [5, 5.41) is 46.6. The highest BCUT2D eigenvalue weighted by Gasteiger charge is 2.53. The Kier molecular flexibility index (Phi) is 45.3. The molecule has 0 bridgehead atoms. The number of non-ortho nitro benzene ring substituents is 2. The summed E-state index contributed by atoms with van der Waals surface area (Å²) < 4.78 is 29.4. The van der Waals surface area contributed by atoms with Crippen LogP contribution in [0.1, 0.15) is 268 Å². The number of ketones is 3. The molecule has 134 heavy (non-hydrogen) atoms. The van der Waals surface area contributed by atoms with Crippen molar-refractivity contribution in [3.05, 3.63) is 156 Å². The average molecular weight is 1930 g/mol. The Morgan fingerprint density at radius 2 is 0.866 bits per heavy atom. The zero-order chi connectivity index (χ0) is 99.3. The van der Waals surface area contributed by atoms with Crippen molar-refractivity contribution in [1.82, 2.24) is 4.98 Å². The summed E-state index contributed by atoms with van der Waals surface area (Å²) in [4.78, 5) is 141. The maximum Gasteiger partial charge on any atom is 0.293 e. The highest BCUT2D eigenvalue weighted by molar-refractivity contribution is 9.09. The van der Waals surface area contributed by atoms with E-state index in [2.05, 4.69) is 99.9 Å². The number of nitrogen functional groups attached to an aromatic ring is 1. The van der Waals surface area contributed by atoms with E-state index >= 15 is 0 Å². The van der Waals surface area contributed by atoms with E-state index in [1.54, 1.807) is 65.6 Å². The molecule has 5 aliphatic heterocycles. The number of aliphatic hydroxyl groups is 2. The number of Topliss-reactive ketones (excluding diaryl/α,β-unsaturated/α-hetero) is 3. The zero-order valence-corrected chi connectivity index (χ0v) is 83.3. The number of benzene rings is 5. The Morgan fingerprint density at radius 1 is 0.470 bits per heavy atom. The van der Waals surface area contributed by atoms with Gasteiger partial charge in [-0.25, -0.2) is 0 Å². The number of H-pyrrole nitrogens is 1. The summed E-state index contributed by atoms with van der Waals surface area (Å²) >= 11 is 3.18. The van der Waals surface area contributed by atoms with Gasteiger partial charge in [0.05, 0.1) is 94.2 Å². The van der Waals surface area contributed by atoms with Gasteiger partial charge in [0.15, 0.2) is 17.3 Å². The highest BCUT2D eigenvalue weighted by atomic mass is 79.9. The second-order valence-corrected chi connectivity index (χ2v) is 34.5. The average Bonchev–Trinajstić information content (AvgIpc) is 1.57. The number of hydrogen-bond acceptors (Lipinski definition) is 24. The predicted octanol–water partition coefficient (Wildman–Crippen LogP) is 18.5. The van der Waals surface area contributed by atoms with Crippen LogP contribution >= 0.6 is 15.9 Å². The largest absolute Gasteiger partial charge is 0.515 e. The summed E-state index contributed by atoms with van der Waals surface area (Å²) in [6, 6.07) is 25.2. The Hall–Kier alpha value is -10.7. The fourth-order valence-corrected chi connectivity index (χ4v) is 19.5. The second kappa shape index (κ2) is 54.2. The summed E-state index contributed by atoms with van der Waals surface area (Å²) in [6.45, 7) is 27.8. The Morgan fingerprint density at radius 3 is 1.30 bits per heavy atom. The highest BCUT2D eigenvalue weighted by Crippen LogP contribution is 2.53. The van der Waals surface area contributed by atoms with Crippen molar-refractivity contribution in [2.45, 2.75) is 257 Å². The molecule has 5 amide bonds. The van der Waals surface area contributed by atoms with Crippen LogP contribution in [-0.4, -0.2) is 198 Å². The lowest BCUT2D eigenvalue weighted by Crippen LogP contribution is -2.40. The van der Waals surface area contributed by atoms with Gasteiger partial charge in [-0.1, -0.05) is 98.0 Å². The van der Waals surface area contributed by atoms with Gasteiger partial charge in [-0.2, -0.15) is 5.10 Å². The number of hydrazone groups is 1. The summed E-state index contributed by atoms with van der Waals surface area (Å²) in [5.41, 5.74) is 21.1. The third-order valence-electron chi connectivity index (χ3n) is 27.3. The van der Waals surface area contributed by atoms with Crippen LogP contribution in [0.2, 0.25) is 0 Å². The molecule has 5 aromatic carbocycles. The molecule has 0 unspecified atom stereocenters. The van der Waals surface area contributed by atoms with Gasteiger partial charge in [0.2, 0.25) is 29.5 Å². The van der Waals surface area contributed by atoms with E-state index in [1.807, 2.05) is 78.8 Å². The number of nitrogens with zero attached hydrogens (tertiary/aromatic N) is 7. The maximum atomic E-state index is 13.4. The number of alkyl halides is 1. The normalized spacial score (nSPS) is 17.5. The molecule has 6 heterocycles. The van der Waals surface area contributed by atoms with Crippen molar-refractivity contribution in [3.8, 4) is 0 Å². The molecule has 1 aromatic heterocycles. The van der Waals surface area contributed by atoms with Gasteiger partial charge in [0, 0.05) is 168 Å². The van der Waals surface area contributed by atoms with Gasteiger partial charge in [-0.05, 0) is 223 Å². The van der Waals surface area contributed by atoms with Crippen LogP contribution in [0, 0.1) is 20.2 Å². The van der Waals surface area contributed by atoms with Crippen LogP contribution in [0.25, 0.3) is 10.9 Å². The molecule has 0 saturated heterocycles. The number of aryl methyl sites for hydroxylation is 1. The number of rotatable bonds is 30. The van der Waals surface area contributed by atoms with Gasteiger partial charge in [-0.15, -0.1) is 0 Å². The van der Waals surface area contributed by atoms with Gasteiger partial charge >= 0.3 is 0 Å². The van der Waals surface area contributed by atoms with E-state index in [1.165, 1.54) is 18.2 Å². The lowest BCUT2D eigenvalue weighted by atomic mass is 9.76. The van der Waals surface area contributed by atoms with Crippen LogP contribution in [0.15, 0.2) is 102 Å². The van der Waals surface area contributed by atoms with E-state index < -0.39 is 36.9 Å². The third-order valence-corrected chi connectivity index (χ3v) is 27.6. The molecular formula is C101H144BrN11O21. The molecular weight excluding hydrogens is 1780 g/mol. The van der Waals surface area contributed by atoms with E-state index in [0.717, 1.165) is 213 Å². The van der Waals surface area contributed by atoms with E-state index in [4.69, 9.17) is 34.9 Å². The number of aromatic nitrogens is 1. The number of fused-ring (bicyclic) bond motifs is 8. The number of ether oxygens (including phenoxy) is 6. The Labute approximate surface area is 797 Å². The summed E-state index contributed by atoms with van der Waals surface area (Å²) in [5.74, 6) is 0.932. The first-order chi connectivity index (χ1) is 64.5. The van der Waals surface area contributed by atoms with Gasteiger partial charge < -0.3 is 74.3 Å². The number of halogens is 1. The SMILES string of the molecule is CCC1(CC)C(=O)N(CCOC)c2cc3c4c([nH]c3cc21)C(=O)CCCC4.CCC1(CC)C(=O)N(CCOC)c2ccc(N)cc21.CCC1(CC)C(=O)N(CCOC)c2ccc(N/N=C3\CCCCCC3=O)cc21.CCC1(CC)C(=O)N(CCOC)c2ccc([N+](=O)[O-])cc21.CCC1(CC)C(=O)Nc2ccc([N+](=O)[O-])cc21.CCOC=O.CO.COCCBr.O=C1CCCCC/C1=C\O. The molecule has 33 heteroatoms. The number of amides is 5. The minimum Gasteiger partial charge on any atom is -0.515 e. The fourth-order valence-electron chi connectivity index (χ4n) is 19.2. The molecule has 6 aromatic rings. The number of carbonyl (C=O) groups is 9. The maximum absolute atomic E-state index is 13.4. The number of anilines is 7. The van der Waals surface area contributed by atoms with Crippen LogP contribution in [-0.2, 0) is 100 Å². The minimum absolute atomic E-state index is 0.0139. The number of nitro benzene ring substituents is 2. The van der Waals surface area contributed by atoms with E-state index in [9.17, 15) is 63.4 Å². The number of methoxy groups -OCH3 is 5. The molecule has 8 aliphatic rings. The minimum atomic E-state index is -0.658. The molecule has 0 radical (unpaired) electrons. The summed E-state index contributed by atoms with van der Waals surface area (Å²) in [6.07, 6.45) is 20.5. The van der Waals surface area contributed by atoms with Crippen molar-refractivity contribution >= 4 is 137 Å². The molecule has 2 saturated carbocycles. The molecule has 2 fully saturated rings. The zero-order valence-electron chi connectivity index (χ0n) is 81.7. The van der Waals surface area contributed by atoms with Crippen molar-refractivity contribution < 1.29 is 91.6 Å². The van der Waals surface area contributed by atoms with Crippen molar-refractivity contribution in [3.63, 3.8) is 0 Å². The lowest BCUT2D eigenvalue weighted by molar-refractivity contribution is -0.385. The van der Waals surface area contributed by atoms with Crippen LogP contribution in [0.5, 0.6) is 0 Å². The van der Waals surface area contributed by atoms with Gasteiger partial charge in [-0.3, -0.25) is 68.8 Å². The fraction of sp³-hybridized carbons (Fsp3) is 0.564. The number of nitrogens with one attached hydrogen (secondary N) is 3. The number of nitrogens with two attached hydrogens (primary N) is 1. The van der Waals surface area contributed by atoms with Gasteiger partial charge in [0.1, 0.15) is 5.71 Å². The molecule has 736 valence electrons.